The van der Waals surface area contributed by atoms with E-state index in [1.165, 1.54) is 62.5 Å². The van der Waals surface area contributed by atoms with E-state index in [9.17, 15) is 13.2 Å². The Labute approximate surface area is 186 Å². The van der Waals surface area contributed by atoms with E-state index in [-0.39, 0.29) is 11.8 Å². The Morgan fingerprint density at radius 1 is 1.03 bits per heavy atom. The minimum atomic E-state index is -4.09. The molecule has 0 saturated heterocycles. The van der Waals surface area contributed by atoms with E-state index >= 15 is 0 Å². The first-order valence-electron chi connectivity index (χ1n) is 12.1. The van der Waals surface area contributed by atoms with Gasteiger partial charge in [0.1, 0.15) is 0 Å². The summed E-state index contributed by atoms with van der Waals surface area (Å²) in [5.74, 6) is 1.35. The first-order valence-corrected chi connectivity index (χ1v) is 12.1. The van der Waals surface area contributed by atoms with Crippen LogP contribution in [0, 0.1) is 17.3 Å². The first kappa shape index (κ1) is 23.9. The Balaban J connectivity index is 1.69. The summed E-state index contributed by atoms with van der Waals surface area (Å²) in [7, 11) is 0. The normalized spacial score (nSPS) is 26.9. The monoisotopic (exact) mass is 430 g/mol. The van der Waals surface area contributed by atoms with Gasteiger partial charge >= 0.3 is 6.18 Å². The maximum absolute atomic E-state index is 12.6. The van der Waals surface area contributed by atoms with Gasteiger partial charge in [-0.2, -0.15) is 13.2 Å². The van der Waals surface area contributed by atoms with Gasteiger partial charge in [-0.15, -0.1) is 0 Å². The molecule has 3 rings (SSSR count). The fraction of sp³-hybridized carbons (Fsp3) is 0.571. The second-order valence-corrected chi connectivity index (χ2v) is 9.44. The van der Waals surface area contributed by atoms with Crippen LogP contribution in [0.5, 0.6) is 0 Å². The van der Waals surface area contributed by atoms with Crippen molar-refractivity contribution in [2.75, 3.05) is 0 Å². The molecule has 3 heteroatoms. The molecule has 0 spiro atoms. The minimum Gasteiger partial charge on any atom is -0.171 e. The summed E-state index contributed by atoms with van der Waals surface area (Å²) < 4.78 is 37.9. The lowest BCUT2D eigenvalue weighted by Crippen LogP contribution is -2.31. The van der Waals surface area contributed by atoms with Crippen molar-refractivity contribution in [2.24, 2.45) is 17.3 Å². The standard InChI is InChI=1S/C28H37F3/c1-2-3-5-10-23-13-15-26(16-14-23)27(19-8-9-20-28(29,30)31)21-17-25(18-22-27)24-11-6-4-7-12-24/h4,6-8,11-12,17-19,21,23,26H,2-3,5,9-10,13-16,20,22H2,1H3. The molecule has 0 amide bonds. The van der Waals surface area contributed by atoms with Crippen LogP contribution < -0.4 is 0 Å². The van der Waals surface area contributed by atoms with Crippen LogP contribution in [0.15, 0.2) is 60.7 Å². The van der Waals surface area contributed by atoms with E-state index < -0.39 is 12.6 Å². The van der Waals surface area contributed by atoms with Crippen LogP contribution in [-0.2, 0) is 0 Å². The van der Waals surface area contributed by atoms with E-state index in [0.717, 1.165) is 12.3 Å². The third-order valence-corrected chi connectivity index (χ3v) is 7.20. The van der Waals surface area contributed by atoms with Crippen LogP contribution in [0.4, 0.5) is 13.2 Å². The van der Waals surface area contributed by atoms with Crippen molar-refractivity contribution in [3.05, 3.63) is 66.3 Å². The zero-order chi connectivity index (χ0) is 22.2. The number of unbranched alkanes of at least 4 members (excludes halogenated alkanes) is 2. The lowest BCUT2D eigenvalue weighted by Gasteiger charge is -2.42. The summed E-state index contributed by atoms with van der Waals surface area (Å²) in [5.41, 5.74) is 2.28. The summed E-state index contributed by atoms with van der Waals surface area (Å²) in [6.07, 6.45) is 16.9. The second-order valence-electron chi connectivity index (χ2n) is 9.44. The van der Waals surface area contributed by atoms with Gasteiger partial charge in [-0.1, -0.05) is 106 Å². The molecule has 2 aliphatic rings. The average molecular weight is 431 g/mol. The van der Waals surface area contributed by atoms with E-state index in [1.807, 2.05) is 18.2 Å². The maximum atomic E-state index is 12.6. The molecule has 0 heterocycles. The van der Waals surface area contributed by atoms with Crippen molar-refractivity contribution in [2.45, 2.75) is 83.7 Å². The Bertz CT molecular complexity index is 748. The quantitative estimate of drug-likeness (QED) is 0.270. The number of benzene rings is 1. The summed E-state index contributed by atoms with van der Waals surface area (Å²) in [6.45, 7) is 2.25. The molecule has 0 radical (unpaired) electrons. The SMILES string of the molecule is CCCCCC1CCC(C2(C=CCCC(F)(F)F)C=CC(c3ccccc3)=CC2)CC1. The molecule has 1 unspecified atom stereocenters. The van der Waals surface area contributed by atoms with Gasteiger partial charge < -0.3 is 0 Å². The number of allylic oxidation sites excluding steroid dienone is 6. The van der Waals surface area contributed by atoms with Gasteiger partial charge in [0.25, 0.3) is 0 Å². The van der Waals surface area contributed by atoms with Gasteiger partial charge in [0.05, 0.1) is 0 Å². The lowest BCUT2D eigenvalue weighted by atomic mass is 9.63. The molecular weight excluding hydrogens is 393 g/mol. The average Bonchev–Trinajstić information content (AvgIpc) is 2.78. The van der Waals surface area contributed by atoms with E-state index in [4.69, 9.17) is 0 Å². The number of rotatable bonds is 9. The molecule has 1 atom stereocenters. The van der Waals surface area contributed by atoms with Crippen LogP contribution >= 0.6 is 0 Å². The number of hydrogen-bond donors (Lipinski definition) is 0. The Hall–Kier alpha value is -1.77. The zero-order valence-electron chi connectivity index (χ0n) is 18.8. The summed E-state index contributed by atoms with van der Waals surface area (Å²) >= 11 is 0. The lowest BCUT2D eigenvalue weighted by molar-refractivity contribution is -0.133. The smallest absolute Gasteiger partial charge is 0.171 e. The topological polar surface area (TPSA) is 0 Å². The molecule has 1 aromatic rings. The Kier molecular flexibility index (Phi) is 8.63. The van der Waals surface area contributed by atoms with Gasteiger partial charge in [0.2, 0.25) is 0 Å². The van der Waals surface area contributed by atoms with Gasteiger partial charge in [-0.25, -0.2) is 0 Å². The van der Waals surface area contributed by atoms with Crippen molar-refractivity contribution in [1.29, 1.82) is 0 Å². The van der Waals surface area contributed by atoms with Crippen molar-refractivity contribution >= 4 is 5.57 Å². The Morgan fingerprint density at radius 2 is 1.77 bits per heavy atom. The van der Waals surface area contributed by atoms with E-state index in [2.05, 4.69) is 43.4 Å². The highest BCUT2D eigenvalue weighted by Crippen LogP contribution is 2.48. The van der Waals surface area contributed by atoms with Gasteiger partial charge in [0, 0.05) is 11.8 Å². The van der Waals surface area contributed by atoms with Crippen LogP contribution in [0.2, 0.25) is 0 Å². The fourth-order valence-corrected chi connectivity index (χ4v) is 5.30. The highest BCUT2D eigenvalue weighted by Gasteiger charge is 2.37. The molecule has 0 aliphatic heterocycles. The second kappa shape index (κ2) is 11.2. The Morgan fingerprint density at radius 3 is 2.39 bits per heavy atom. The van der Waals surface area contributed by atoms with Crippen molar-refractivity contribution in [3.63, 3.8) is 0 Å². The molecule has 0 nitrogen and oxygen atoms in total. The molecular formula is C28H37F3. The molecule has 2 aliphatic carbocycles. The van der Waals surface area contributed by atoms with E-state index in [1.54, 1.807) is 6.08 Å². The predicted octanol–water partition coefficient (Wildman–Crippen LogP) is 9.30. The fourth-order valence-electron chi connectivity index (χ4n) is 5.30. The van der Waals surface area contributed by atoms with Crippen molar-refractivity contribution in [3.8, 4) is 0 Å². The summed E-state index contributed by atoms with van der Waals surface area (Å²) in [4.78, 5) is 0. The van der Waals surface area contributed by atoms with Crippen LogP contribution in [0.3, 0.4) is 0 Å². The highest BCUT2D eigenvalue weighted by atomic mass is 19.4. The van der Waals surface area contributed by atoms with Crippen molar-refractivity contribution in [1.82, 2.24) is 0 Å². The molecule has 0 N–H and O–H groups in total. The van der Waals surface area contributed by atoms with Crippen LogP contribution in [0.1, 0.15) is 83.1 Å². The molecule has 0 aromatic heterocycles. The molecule has 1 saturated carbocycles. The van der Waals surface area contributed by atoms with Crippen molar-refractivity contribution < 1.29 is 13.2 Å². The van der Waals surface area contributed by atoms with Gasteiger partial charge in [-0.05, 0) is 48.7 Å². The molecule has 1 aromatic carbocycles. The summed E-state index contributed by atoms with van der Waals surface area (Å²) in [5, 5.41) is 0. The highest BCUT2D eigenvalue weighted by molar-refractivity contribution is 5.75. The zero-order valence-corrected chi connectivity index (χ0v) is 18.8. The van der Waals surface area contributed by atoms with Gasteiger partial charge in [0.15, 0.2) is 0 Å². The molecule has 31 heavy (non-hydrogen) atoms. The summed E-state index contributed by atoms with van der Waals surface area (Å²) in [6, 6.07) is 10.3. The predicted molar refractivity (Wildman–Crippen MR) is 125 cm³/mol. The largest absolute Gasteiger partial charge is 0.389 e. The molecule has 0 bridgehead atoms. The first-order chi connectivity index (χ1) is 14.9. The van der Waals surface area contributed by atoms with Crippen LogP contribution in [0.25, 0.3) is 5.57 Å². The number of hydrogen-bond acceptors (Lipinski definition) is 0. The third-order valence-electron chi connectivity index (χ3n) is 7.20. The van der Waals surface area contributed by atoms with Crippen LogP contribution in [-0.4, -0.2) is 6.18 Å². The minimum absolute atomic E-state index is 0.0701. The van der Waals surface area contributed by atoms with E-state index in [0.29, 0.717) is 5.92 Å². The molecule has 170 valence electrons. The third kappa shape index (κ3) is 7.12. The van der Waals surface area contributed by atoms with Gasteiger partial charge in [-0.3, -0.25) is 0 Å². The number of halogens is 3. The maximum Gasteiger partial charge on any atom is 0.389 e. The number of alkyl halides is 3. The molecule has 1 fully saturated rings.